The van der Waals surface area contributed by atoms with Gasteiger partial charge in [-0.05, 0) is 30.7 Å². The van der Waals surface area contributed by atoms with E-state index in [9.17, 15) is 4.79 Å². The number of amides is 1. The Kier molecular flexibility index (Phi) is 6.12. The van der Waals surface area contributed by atoms with E-state index >= 15 is 0 Å². The summed E-state index contributed by atoms with van der Waals surface area (Å²) < 4.78 is 12.6. The summed E-state index contributed by atoms with van der Waals surface area (Å²) in [6.45, 7) is 0. The molecule has 7 heteroatoms. The number of benzene rings is 2. The van der Waals surface area contributed by atoms with Crippen LogP contribution in [0.5, 0.6) is 11.5 Å². The highest BCUT2D eigenvalue weighted by Gasteiger charge is 2.14. The van der Waals surface area contributed by atoms with Crippen molar-refractivity contribution in [3.63, 3.8) is 0 Å². The third-order valence-electron chi connectivity index (χ3n) is 4.94. The van der Waals surface area contributed by atoms with Gasteiger partial charge in [0.15, 0.2) is 5.65 Å². The molecule has 0 aliphatic carbocycles. The molecule has 7 nitrogen and oxygen atoms in total. The van der Waals surface area contributed by atoms with Crippen molar-refractivity contribution >= 4 is 22.8 Å². The maximum Gasteiger partial charge on any atom is 0.224 e. The van der Waals surface area contributed by atoms with Gasteiger partial charge >= 0.3 is 0 Å². The highest BCUT2D eigenvalue weighted by atomic mass is 16.5. The number of hydrogen-bond donors (Lipinski definition) is 1. The van der Waals surface area contributed by atoms with Crippen LogP contribution in [0, 0.1) is 0 Å². The van der Waals surface area contributed by atoms with Crippen LogP contribution in [0.25, 0.3) is 16.9 Å². The lowest BCUT2D eigenvalue weighted by Crippen LogP contribution is -2.12. The van der Waals surface area contributed by atoms with Crippen molar-refractivity contribution in [2.75, 3.05) is 19.5 Å². The molecule has 0 fully saturated rings. The Bertz CT molecular complexity index is 1170. The molecule has 2 aromatic carbocycles. The van der Waals surface area contributed by atoms with E-state index < -0.39 is 0 Å². The number of rotatable bonds is 8. The standard InChI is InChI=1S/C24H24N4O3/c1-30-19-14-17(15-20(16-19)31-2)26-23(29)12-6-11-22-27-21-10-7-13-25-24(21)28(22)18-8-4-3-5-9-18/h3-5,7-10,13-16H,6,11-12H2,1-2H3,(H,26,29). The number of ether oxygens (including phenoxy) is 2. The fourth-order valence-corrected chi connectivity index (χ4v) is 3.49. The van der Waals surface area contributed by atoms with Gasteiger partial charge in [-0.2, -0.15) is 0 Å². The smallest absolute Gasteiger partial charge is 0.224 e. The van der Waals surface area contributed by atoms with Crippen molar-refractivity contribution in [2.45, 2.75) is 19.3 Å². The van der Waals surface area contributed by atoms with Crippen molar-refractivity contribution in [3.05, 3.63) is 72.7 Å². The average Bonchev–Trinajstić information content (AvgIpc) is 3.17. The zero-order chi connectivity index (χ0) is 21.6. The number of nitrogens with one attached hydrogen (secondary N) is 1. The zero-order valence-electron chi connectivity index (χ0n) is 17.5. The van der Waals surface area contributed by atoms with Crippen molar-refractivity contribution < 1.29 is 14.3 Å². The lowest BCUT2D eigenvalue weighted by Gasteiger charge is -2.10. The highest BCUT2D eigenvalue weighted by molar-refractivity contribution is 5.91. The second kappa shape index (κ2) is 9.30. The maximum atomic E-state index is 12.5. The second-order valence-electron chi connectivity index (χ2n) is 7.05. The predicted molar refractivity (Wildman–Crippen MR) is 120 cm³/mol. The lowest BCUT2D eigenvalue weighted by atomic mass is 10.2. The van der Waals surface area contributed by atoms with E-state index in [1.807, 2.05) is 42.5 Å². The number of aryl methyl sites for hydroxylation is 1. The summed E-state index contributed by atoms with van der Waals surface area (Å²) in [6.07, 6.45) is 3.44. The number of carbonyl (C=O) groups is 1. The first-order chi connectivity index (χ1) is 15.2. The first kappa shape index (κ1) is 20.4. The largest absolute Gasteiger partial charge is 0.497 e. The molecule has 0 aliphatic heterocycles. The molecule has 2 heterocycles. The normalized spacial score (nSPS) is 10.8. The van der Waals surface area contributed by atoms with Crippen LogP contribution >= 0.6 is 0 Å². The van der Waals surface area contributed by atoms with Gasteiger partial charge in [-0.15, -0.1) is 0 Å². The molecular formula is C24H24N4O3. The molecule has 0 radical (unpaired) electrons. The number of methoxy groups -OCH3 is 2. The number of hydrogen-bond acceptors (Lipinski definition) is 5. The van der Waals surface area contributed by atoms with E-state index in [1.54, 1.807) is 38.6 Å². The number of nitrogens with zero attached hydrogens (tertiary/aromatic N) is 3. The average molecular weight is 416 g/mol. The molecule has 158 valence electrons. The monoisotopic (exact) mass is 416 g/mol. The second-order valence-corrected chi connectivity index (χ2v) is 7.05. The lowest BCUT2D eigenvalue weighted by molar-refractivity contribution is -0.116. The summed E-state index contributed by atoms with van der Waals surface area (Å²) in [7, 11) is 3.15. The van der Waals surface area contributed by atoms with Crippen LogP contribution in [0.3, 0.4) is 0 Å². The Morgan fingerprint density at radius 1 is 1.00 bits per heavy atom. The molecule has 0 saturated carbocycles. The van der Waals surface area contributed by atoms with Gasteiger partial charge in [0.1, 0.15) is 22.8 Å². The first-order valence-electron chi connectivity index (χ1n) is 10.1. The van der Waals surface area contributed by atoms with Gasteiger partial charge in [0.05, 0.1) is 14.2 Å². The number of carbonyl (C=O) groups excluding carboxylic acids is 1. The van der Waals surface area contributed by atoms with Crippen LogP contribution in [0.2, 0.25) is 0 Å². The fraction of sp³-hybridized carbons (Fsp3) is 0.208. The summed E-state index contributed by atoms with van der Waals surface area (Å²) in [5.41, 5.74) is 3.31. The Balaban J connectivity index is 1.46. The molecule has 0 saturated heterocycles. The summed E-state index contributed by atoms with van der Waals surface area (Å²) in [4.78, 5) is 21.8. The van der Waals surface area contributed by atoms with E-state index in [2.05, 4.69) is 14.9 Å². The molecule has 1 amide bonds. The first-order valence-corrected chi connectivity index (χ1v) is 10.1. The molecule has 2 aromatic heterocycles. The quantitative estimate of drug-likeness (QED) is 0.461. The van der Waals surface area contributed by atoms with Gasteiger partial charge in [-0.1, -0.05) is 18.2 Å². The topological polar surface area (TPSA) is 78.3 Å². The predicted octanol–water partition coefficient (Wildman–Crippen LogP) is 4.40. The summed E-state index contributed by atoms with van der Waals surface area (Å²) >= 11 is 0. The van der Waals surface area contributed by atoms with Crippen molar-refractivity contribution in [1.82, 2.24) is 14.5 Å². The summed E-state index contributed by atoms with van der Waals surface area (Å²) in [5.74, 6) is 2.06. The van der Waals surface area contributed by atoms with Crippen molar-refractivity contribution in [2.24, 2.45) is 0 Å². The summed E-state index contributed by atoms with van der Waals surface area (Å²) in [6, 6.07) is 19.1. The Morgan fingerprint density at radius 2 is 1.74 bits per heavy atom. The third kappa shape index (κ3) is 4.66. The van der Waals surface area contributed by atoms with Crippen LogP contribution in [-0.4, -0.2) is 34.7 Å². The molecule has 0 aliphatic rings. The third-order valence-corrected chi connectivity index (χ3v) is 4.94. The molecule has 31 heavy (non-hydrogen) atoms. The van der Waals surface area contributed by atoms with Crippen LogP contribution < -0.4 is 14.8 Å². The molecule has 0 atom stereocenters. The van der Waals surface area contributed by atoms with E-state index in [0.29, 0.717) is 36.4 Å². The van der Waals surface area contributed by atoms with Gasteiger partial charge < -0.3 is 14.8 Å². The number of para-hydroxylation sites is 1. The van der Waals surface area contributed by atoms with Crippen molar-refractivity contribution in [3.8, 4) is 17.2 Å². The molecule has 0 unspecified atom stereocenters. The maximum absolute atomic E-state index is 12.5. The Hall–Kier alpha value is -3.87. The number of anilines is 1. The van der Waals surface area contributed by atoms with Gasteiger partial charge in [0, 0.05) is 48.6 Å². The molecular weight excluding hydrogens is 392 g/mol. The van der Waals surface area contributed by atoms with Crippen LogP contribution in [0.1, 0.15) is 18.7 Å². The molecule has 4 rings (SSSR count). The minimum atomic E-state index is -0.0733. The van der Waals surface area contributed by atoms with Gasteiger partial charge in [-0.3, -0.25) is 9.36 Å². The summed E-state index contributed by atoms with van der Waals surface area (Å²) in [5, 5.41) is 2.91. The molecule has 0 bridgehead atoms. The minimum Gasteiger partial charge on any atom is -0.497 e. The van der Waals surface area contributed by atoms with Crippen LogP contribution in [-0.2, 0) is 11.2 Å². The van der Waals surface area contributed by atoms with Gasteiger partial charge in [0.2, 0.25) is 5.91 Å². The molecule has 1 N–H and O–H groups in total. The van der Waals surface area contributed by atoms with E-state index in [4.69, 9.17) is 14.5 Å². The van der Waals surface area contributed by atoms with Gasteiger partial charge in [-0.25, -0.2) is 9.97 Å². The minimum absolute atomic E-state index is 0.0733. The van der Waals surface area contributed by atoms with E-state index in [0.717, 1.165) is 22.7 Å². The SMILES string of the molecule is COc1cc(NC(=O)CCCc2nc3cccnc3n2-c2ccccc2)cc(OC)c1. The number of pyridine rings is 1. The van der Waals surface area contributed by atoms with Gasteiger partial charge in [0.25, 0.3) is 0 Å². The number of imidazole rings is 1. The number of aromatic nitrogens is 3. The molecule has 4 aromatic rings. The zero-order valence-corrected chi connectivity index (χ0v) is 17.5. The van der Waals surface area contributed by atoms with Crippen LogP contribution in [0.15, 0.2) is 66.9 Å². The Labute approximate surface area is 180 Å². The highest BCUT2D eigenvalue weighted by Crippen LogP contribution is 2.26. The van der Waals surface area contributed by atoms with E-state index in [1.165, 1.54) is 0 Å². The van der Waals surface area contributed by atoms with Crippen LogP contribution in [0.4, 0.5) is 5.69 Å². The number of fused-ring (bicyclic) bond motifs is 1. The van der Waals surface area contributed by atoms with Crippen molar-refractivity contribution in [1.29, 1.82) is 0 Å². The molecule has 0 spiro atoms. The fourth-order valence-electron chi connectivity index (χ4n) is 3.49. The van der Waals surface area contributed by atoms with E-state index in [-0.39, 0.29) is 5.91 Å². The Morgan fingerprint density at radius 3 is 2.45 bits per heavy atom.